The third kappa shape index (κ3) is 3.32. The summed E-state index contributed by atoms with van der Waals surface area (Å²) < 4.78 is 0. The molecule has 0 bridgehead atoms. The van der Waals surface area contributed by atoms with Crippen molar-refractivity contribution in [2.75, 3.05) is 0 Å². The van der Waals surface area contributed by atoms with Gasteiger partial charge in [0, 0.05) is 20.7 Å². The van der Waals surface area contributed by atoms with E-state index in [1.165, 1.54) is 11.7 Å². The topological polar surface area (TPSA) is 12.9 Å². The van der Waals surface area contributed by atoms with E-state index in [2.05, 4.69) is 30.2 Å². The molecule has 0 spiro atoms. The minimum atomic E-state index is -0.0722. The van der Waals surface area contributed by atoms with E-state index in [4.69, 9.17) is 0 Å². The average molecular weight is 164 g/mol. The van der Waals surface area contributed by atoms with Crippen LogP contribution in [0.2, 0.25) is 19.1 Å². The van der Waals surface area contributed by atoms with E-state index >= 15 is 0 Å². The van der Waals surface area contributed by atoms with Crippen molar-refractivity contribution in [1.29, 1.82) is 0 Å². The highest BCUT2D eigenvalue weighted by Gasteiger charge is 1.97. The molecular formula is C9H14NSi. The van der Waals surface area contributed by atoms with Crippen LogP contribution in [-0.2, 0) is 6.42 Å². The van der Waals surface area contributed by atoms with Crippen molar-refractivity contribution >= 4 is 8.80 Å². The van der Waals surface area contributed by atoms with Crippen LogP contribution in [0.5, 0.6) is 0 Å². The summed E-state index contributed by atoms with van der Waals surface area (Å²) in [5, 5.41) is 0. The quantitative estimate of drug-likeness (QED) is 0.625. The summed E-state index contributed by atoms with van der Waals surface area (Å²) >= 11 is 0. The molecule has 0 amide bonds. The maximum atomic E-state index is 4.27. The summed E-state index contributed by atoms with van der Waals surface area (Å²) in [6, 6.07) is 7.46. The van der Waals surface area contributed by atoms with E-state index in [0.29, 0.717) is 0 Å². The molecule has 0 N–H and O–H groups in total. The monoisotopic (exact) mass is 164 g/mol. The molecule has 1 nitrogen and oxygen atoms in total. The Bertz CT molecular complexity index is 196. The zero-order valence-corrected chi connectivity index (χ0v) is 8.17. The Labute approximate surface area is 70.1 Å². The van der Waals surface area contributed by atoms with Crippen molar-refractivity contribution in [3.05, 3.63) is 30.1 Å². The molecule has 0 aromatic carbocycles. The van der Waals surface area contributed by atoms with E-state index in [1.54, 1.807) is 0 Å². The predicted octanol–water partition coefficient (Wildman–Crippen LogP) is 2.38. The fourth-order valence-corrected chi connectivity index (χ4v) is 1.68. The van der Waals surface area contributed by atoms with Gasteiger partial charge in [0.15, 0.2) is 0 Å². The first kappa shape index (κ1) is 8.46. The molecule has 0 saturated heterocycles. The number of aryl methyl sites for hydroxylation is 1. The van der Waals surface area contributed by atoms with Gasteiger partial charge in [0.05, 0.1) is 0 Å². The molecule has 1 rings (SSSR count). The average Bonchev–Trinajstić information content (AvgIpc) is 2.03. The van der Waals surface area contributed by atoms with Crippen LogP contribution in [0.1, 0.15) is 5.69 Å². The third-order valence-electron chi connectivity index (χ3n) is 1.61. The van der Waals surface area contributed by atoms with Gasteiger partial charge in [-0.25, -0.2) is 0 Å². The summed E-state index contributed by atoms with van der Waals surface area (Å²) in [6.07, 6.45) is 3.02. The first-order chi connectivity index (χ1) is 5.29. The van der Waals surface area contributed by atoms with E-state index < -0.39 is 0 Å². The second kappa shape index (κ2) is 4.29. The van der Waals surface area contributed by atoms with Gasteiger partial charge in [0.2, 0.25) is 0 Å². The lowest BCUT2D eigenvalue weighted by atomic mass is 10.3. The van der Waals surface area contributed by atoms with Gasteiger partial charge in [-0.15, -0.1) is 0 Å². The Morgan fingerprint density at radius 3 is 2.73 bits per heavy atom. The number of hydrogen-bond donors (Lipinski definition) is 0. The molecule has 59 valence electrons. The molecule has 1 aromatic rings. The van der Waals surface area contributed by atoms with Gasteiger partial charge in [-0.1, -0.05) is 25.2 Å². The van der Waals surface area contributed by atoms with Crippen LogP contribution in [0.25, 0.3) is 0 Å². The number of rotatable bonds is 3. The molecule has 11 heavy (non-hydrogen) atoms. The molecule has 0 unspecified atom stereocenters. The second-order valence-electron chi connectivity index (χ2n) is 3.03. The lowest BCUT2D eigenvalue weighted by Gasteiger charge is -2.00. The van der Waals surface area contributed by atoms with Crippen LogP contribution < -0.4 is 0 Å². The van der Waals surface area contributed by atoms with Crippen LogP contribution >= 0.6 is 0 Å². The fourth-order valence-electron chi connectivity index (χ4n) is 0.924. The minimum Gasteiger partial charge on any atom is -0.261 e. The molecule has 1 aromatic heterocycles. The summed E-state index contributed by atoms with van der Waals surface area (Å²) in [7, 11) is -0.0722. The van der Waals surface area contributed by atoms with Gasteiger partial charge < -0.3 is 0 Å². The standard InChI is InChI=1S/C9H14NSi/c1-11(2)8-6-9-5-3-4-7-10-9/h3-5,7H,6,8H2,1-2H3. The lowest BCUT2D eigenvalue weighted by Crippen LogP contribution is -2.01. The van der Waals surface area contributed by atoms with Gasteiger partial charge >= 0.3 is 0 Å². The summed E-state index contributed by atoms with van der Waals surface area (Å²) in [5.41, 5.74) is 1.23. The SMILES string of the molecule is C[Si](C)CCc1ccccn1. The third-order valence-corrected chi connectivity index (χ3v) is 2.86. The van der Waals surface area contributed by atoms with Crippen molar-refractivity contribution in [3.63, 3.8) is 0 Å². The Balaban J connectivity index is 2.39. The van der Waals surface area contributed by atoms with Gasteiger partial charge in [-0.3, -0.25) is 4.98 Å². The van der Waals surface area contributed by atoms with Crippen molar-refractivity contribution in [1.82, 2.24) is 4.98 Å². The molecule has 0 saturated carbocycles. The van der Waals surface area contributed by atoms with Crippen LogP contribution in [0.4, 0.5) is 0 Å². The molecule has 0 atom stereocenters. The van der Waals surface area contributed by atoms with Crippen molar-refractivity contribution in [3.8, 4) is 0 Å². The van der Waals surface area contributed by atoms with Gasteiger partial charge in [-0.05, 0) is 18.6 Å². The van der Waals surface area contributed by atoms with Crippen LogP contribution in [0.15, 0.2) is 24.4 Å². The Morgan fingerprint density at radius 2 is 2.18 bits per heavy atom. The summed E-state index contributed by atoms with van der Waals surface area (Å²) in [6.45, 7) is 4.68. The Hall–Kier alpha value is -0.633. The minimum absolute atomic E-state index is 0.0722. The molecule has 0 aliphatic carbocycles. The van der Waals surface area contributed by atoms with Crippen molar-refractivity contribution < 1.29 is 0 Å². The largest absolute Gasteiger partial charge is 0.261 e. The molecule has 0 aliphatic rings. The Kier molecular flexibility index (Phi) is 3.30. The normalized spacial score (nSPS) is 10.5. The second-order valence-corrected chi connectivity index (χ2v) is 5.94. The molecule has 1 heterocycles. The maximum absolute atomic E-state index is 4.27. The van der Waals surface area contributed by atoms with Crippen LogP contribution in [-0.4, -0.2) is 13.8 Å². The summed E-state index contributed by atoms with van der Waals surface area (Å²) in [5.74, 6) is 0. The molecule has 0 fully saturated rings. The smallest absolute Gasteiger partial charge is 0.0416 e. The van der Waals surface area contributed by atoms with E-state index in [-0.39, 0.29) is 8.80 Å². The van der Waals surface area contributed by atoms with Crippen LogP contribution in [0.3, 0.4) is 0 Å². The highest BCUT2D eigenvalue weighted by Crippen LogP contribution is 2.01. The number of pyridine rings is 1. The first-order valence-corrected chi connectivity index (χ1v) is 6.68. The fraction of sp³-hybridized carbons (Fsp3) is 0.444. The zero-order valence-electron chi connectivity index (χ0n) is 7.17. The molecule has 1 radical (unpaired) electrons. The van der Waals surface area contributed by atoms with Crippen molar-refractivity contribution in [2.24, 2.45) is 0 Å². The van der Waals surface area contributed by atoms with Crippen LogP contribution in [0, 0.1) is 0 Å². The van der Waals surface area contributed by atoms with Gasteiger partial charge in [-0.2, -0.15) is 0 Å². The van der Waals surface area contributed by atoms with E-state index in [0.717, 1.165) is 6.42 Å². The lowest BCUT2D eigenvalue weighted by molar-refractivity contribution is 1.02. The van der Waals surface area contributed by atoms with Crippen molar-refractivity contribution in [2.45, 2.75) is 25.6 Å². The van der Waals surface area contributed by atoms with E-state index in [1.807, 2.05) is 12.3 Å². The predicted molar refractivity (Wildman–Crippen MR) is 50.2 cm³/mol. The number of aromatic nitrogens is 1. The highest BCUT2D eigenvalue weighted by molar-refractivity contribution is 6.55. The summed E-state index contributed by atoms with van der Waals surface area (Å²) in [4.78, 5) is 4.27. The molecular weight excluding hydrogens is 150 g/mol. The van der Waals surface area contributed by atoms with Gasteiger partial charge in [0.1, 0.15) is 0 Å². The van der Waals surface area contributed by atoms with E-state index in [9.17, 15) is 0 Å². The molecule has 2 heteroatoms. The number of nitrogens with zero attached hydrogens (tertiary/aromatic N) is 1. The number of hydrogen-bond acceptors (Lipinski definition) is 1. The zero-order chi connectivity index (χ0) is 8.10. The Morgan fingerprint density at radius 1 is 1.36 bits per heavy atom. The first-order valence-electron chi connectivity index (χ1n) is 3.98. The maximum Gasteiger partial charge on any atom is 0.0416 e. The molecule has 0 aliphatic heterocycles. The highest BCUT2D eigenvalue weighted by atomic mass is 28.3. The van der Waals surface area contributed by atoms with Gasteiger partial charge in [0.25, 0.3) is 0 Å².